The van der Waals surface area contributed by atoms with Gasteiger partial charge < -0.3 is 25.0 Å². The summed E-state index contributed by atoms with van der Waals surface area (Å²) in [6.45, 7) is 8.79. The molecular weight excluding hydrogens is 505 g/mol. The molecule has 2 aliphatic heterocycles. The second-order valence-corrected chi connectivity index (χ2v) is 7.78. The number of aliphatic imine (C=N–C) groups is 1. The monoisotopic (exact) mass is 537 g/mol. The molecule has 1 aromatic heterocycles. The van der Waals surface area contributed by atoms with E-state index in [0.717, 1.165) is 55.8 Å². The molecule has 0 radical (unpaired) electrons. The number of aromatic nitrogens is 1. The topological polar surface area (TPSA) is 71.0 Å². The van der Waals surface area contributed by atoms with Gasteiger partial charge in [-0.25, -0.2) is 9.98 Å². The van der Waals surface area contributed by atoms with E-state index >= 15 is 0 Å². The van der Waals surface area contributed by atoms with Crippen molar-refractivity contribution in [3.05, 3.63) is 53.7 Å². The number of benzene rings is 1. The fraction of sp³-hybridized carbons (Fsp3) is 0.478. The van der Waals surface area contributed by atoms with Crippen LogP contribution in [0, 0.1) is 0 Å². The number of rotatable bonds is 6. The predicted octanol–water partition coefficient (Wildman–Crippen LogP) is 2.98. The Morgan fingerprint density at radius 2 is 2.10 bits per heavy atom. The molecule has 2 unspecified atom stereocenters. The molecule has 31 heavy (non-hydrogen) atoms. The zero-order valence-corrected chi connectivity index (χ0v) is 20.5. The highest BCUT2D eigenvalue weighted by molar-refractivity contribution is 14.0. The minimum absolute atomic E-state index is 0. The highest BCUT2D eigenvalue weighted by atomic mass is 127. The quantitative estimate of drug-likeness (QED) is 0.336. The van der Waals surface area contributed by atoms with Crippen molar-refractivity contribution in [2.45, 2.75) is 39.0 Å². The number of ether oxygens (including phenoxy) is 2. The first-order chi connectivity index (χ1) is 14.7. The van der Waals surface area contributed by atoms with Gasteiger partial charge in [0, 0.05) is 32.3 Å². The Hall–Kier alpha value is -2.07. The van der Waals surface area contributed by atoms with Gasteiger partial charge in [0.2, 0.25) is 0 Å². The van der Waals surface area contributed by atoms with E-state index in [-0.39, 0.29) is 36.2 Å². The number of halogens is 1. The maximum absolute atomic E-state index is 6.01. The second kappa shape index (κ2) is 11.5. The van der Waals surface area contributed by atoms with Crippen LogP contribution in [-0.4, -0.2) is 55.9 Å². The molecule has 0 spiro atoms. The lowest BCUT2D eigenvalue weighted by atomic mass is 10.1. The molecule has 0 amide bonds. The third kappa shape index (κ3) is 6.46. The molecule has 168 valence electrons. The summed E-state index contributed by atoms with van der Waals surface area (Å²) in [7, 11) is 0. The van der Waals surface area contributed by atoms with Crippen LogP contribution in [0.5, 0.6) is 5.75 Å². The Kier molecular flexibility index (Phi) is 8.77. The third-order valence-corrected chi connectivity index (χ3v) is 5.35. The number of pyridine rings is 1. The first kappa shape index (κ1) is 23.6. The Balaban J connectivity index is 0.00000272. The maximum Gasteiger partial charge on any atom is 0.191 e. The van der Waals surface area contributed by atoms with E-state index in [1.165, 1.54) is 5.56 Å². The second-order valence-electron chi connectivity index (χ2n) is 7.78. The van der Waals surface area contributed by atoms with Crippen LogP contribution in [0.2, 0.25) is 0 Å². The normalized spacial score (nSPS) is 20.5. The van der Waals surface area contributed by atoms with Gasteiger partial charge in [-0.2, -0.15) is 0 Å². The van der Waals surface area contributed by atoms with Gasteiger partial charge in [-0.05, 0) is 37.1 Å². The molecule has 2 aliphatic rings. The van der Waals surface area contributed by atoms with Gasteiger partial charge in [0.25, 0.3) is 0 Å². The van der Waals surface area contributed by atoms with Crippen LogP contribution in [0.3, 0.4) is 0 Å². The summed E-state index contributed by atoms with van der Waals surface area (Å²) < 4.78 is 11.6. The average molecular weight is 537 g/mol. The minimum atomic E-state index is 0. The fourth-order valence-electron chi connectivity index (χ4n) is 3.81. The number of hydrogen-bond acceptors (Lipinski definition) is 5. The third-order valence-electron chi connectivity index (χ3n) is 5.35. The van der Waals surface area contributed by atoms with Crippen molar-refractivity contribution < 1.29 is 9.47 Å². The molecule has 0 saturated carbocycles. The highest BCUT2D eigenvalue weighted by Gasteiger charge is 2.22. The summed E-state index contributed by atoms with van der Waals surface area (Å²) >= 11 is 0. The van der Waals surface area contributed by atoms with Gasteiger partial charge in [-0.15, -0.1) is 24.0 Å². The van der Waals surface area contributed by atoms with Crippen molar-refractivity contribution in [1.29, 1.82) is 0 Å². The fourth-order valence-corrected chi connectivity index (χ4v) is 3.81. The van der Waals surface area contributed by atoms with Crippen molar-refractivity contribution in [3.63, 3.8) is 0 Å². The number of anilines is 1. The Bertz CT molecular complexity index is 836. The van der Waals surface area contributed by atoms with Gasteiger partial charge in [0.05, 0.1) is 25.8 Å². The van der Waals surface area contributed by atoms with Crippen molar-refractivity contribution in [3.8, 4) is 5.75 Å². The molecule has 1 aromatic carbocycles. The Morgan fingerprint density at radius 1 is 1.23 bits per heavy atom. The first-order valence-electron chi connectivity index (χ1n) is 10.8. The first-order valence-corrected chi connectivity index (χ1v) is 10.8. The molecule has 2 atom stereocenters. The van der Waals surface area contributed by atoms with Crippen LogP contribution in [0.15, 0.2) is 47.6 Å². The zero-order valence-electron chi connectivity index (χ0n) is 18.2. The smallest absolute Gasteiger partial charge is 0.191 e. The average Bonchev–Trinajstić information content (AvgIpc) is 3.19. The molecular formula is C23H32IN5O2. The van der Waals surface area contributed by atoms with E-state index in [1.807, 2.05) is 18.3 Å². The largest absolute Gasteiger partial charge is 0.488 e. The summed E-state index contributed by atoms with van der Waals surface area (Å²) in [6, 6.07) is 12.4. The van der Waals surface area contributed by atoms with Gasteiger partial charge in [0.15, 0.2) is 5.96 Å². The summed E-state index contributed by atoms with van der Waals surface area (Å²) in [5, 5.41) is 6.71. The van der Waals surface area contributed by atoms with E-state index < -0.39 is 0 Å². The van der Waals surface area contributed by atoms with E-state index in [4.69, 9.17) is 14.5 Å². The number of guanidine groups is 1. The lowest BCUT2D eigenvalue weighted by molar-refractivity contribution is 0.0529. The molecule has 2 aromatic rings. The van der Waals surface area contributed by atoms with Crippen LogP contribution in [0.1, 0.15) is 25.0 Å². The molecule has 1 fully saturated rings. The zero-order chi connectivity index (χ0) is 20.8. The standard InChI is InChI=1S/C23H31N5O2.HI/c1-3-24-23(27-15-20-12-19-6-4-5-7-21(19)30-20)26-14-18-8-9-22(25-13-18)28-10-11-29-17(2)16-28;/h4-9,13,17,20H,3,10-12,14-16H2,1-2H3,(H2,24,26,27);1H. The van der Waals surface area contributed by atoms with Crippen LogP contribution < -0.4 is 20.3 Å². The molecule has 0 bridgehead atoms. The van der Waals surface area contributed by atoms with Crippen LogP contribution in [0.25, 0.3) is 0 Å². The highest BCUT2D eigenvalue weighted by Crippen LogP contribution is 2.27. The van der Waals surface area contributed by atoms with E-state index in [1.54, 1.807) is 0 Å². The Morgan fingerprint density at radius 3 is 2.84 bits per heavy atom. The molecule has 0 aliphatic carbocycles. The molecule has 4 rings (SSSR count). The lowest BCUT2D eigenvalue weighted by Crippen LogP contribution is -2.42. The van der Waals surface area contributed by atoms with Gasteiger partial charge >= 0.3 is 0 Å². The number of para-hydroxylation sites is 1. The van der Waals surface area contributed by atoms with Crippen molar-refractivity contribution >= 4 is 35.8 Å². The molecule has 7 nitrogen and oxygen atoms in total. The SMILES string of the molecule is CCNC(=NCc1ccc(N2CCOC(C)C2)nc1)NCC1Cc2ccccc2O1.I. The summed E-state index contributed by atoms with van der Waals surface area (Å²) in [4.78, 5) is 11.6. The van der Waals surface area contributed by atoms with Crippen molar-refractivity contribution in [2.75, 3.05) is 37.7 Å². The van der Waals surface area contributed by atoms with E-state index in [0.29, 0.717) is 13.1 Å². The van der Waals surface area contributed by atoms with E-state index in [9.17, 15) is 0 Å². The molecule has 1 saturated heterocycles. The number of fused-ring (bicyclic) bond motifs is 1. The number of hydrogen-bond donors (Lipinski definition) is 2. The van der Waals surface area contributed by atoms with Gasteiger partial charge in [0.1, 0.15) is 17.7 Å². The number of nitrogens with zero attached hydrogens (tertiary/aromatic N) is 3. The maximum atomic E-state index is 6.01. The summed E-state index contributed by atoms with van der Waals surface area (Å²) in [6.07, 6.45) is 3.21. The molecule has 3 heterocycles. The lowest BCUT2D eigenvalue weighted by Gasteiger charge is -2.32. The molecule has 8 heteroatoms. The van der Waals surface area contributed by atoms with Gasteiger partial charge in [-0.1, -0.05) is 24.3 Å². The molecule has 2 N–H and O–H groups in total. The summed E-state index contributed by atoms with van der Waals surface area (Å²) in [5.41, 5.74) is 2.36. The van der Waals surface area contributed by atoms with E-state index in [2.05, 4.69) is 58.6 Å². The van der Waals surface area contributed by atoms with Crippen LogP contribution in [-0.2, 0) is 17.7 Å². The predicted molar refractivity (Wildman–Crippen MR) is 135 cm³/mol. The van der Waals surface area contributed by atoms with Gasteiger partial charge in [-0.3, -0.25) is 0 Å². The van der Waals surface area contributed by atoms with Crippen molar-refractivity contribution in [2.24, 2.45) is 4.99 Å². The number of morpholine rings is 1. The summed E-state index contributed by atoms with van der Waals surface area (Å²) in [5.74, 6) is 2.79. The van der Waals surface area contributed by atoms with Crippen molar-refractivity contribution in [1.82, 2.24) is 15.6 Å². The number of nitrogens with one attached hydrogen (secondary N) is 2. The van der Waals surface area contributed by atoms with Crippen LogP contribution in [0.4, 0.5) is 5.82 Å². The minimum Gasteiger partial charge on any atom is -0.488 e. The van der Waals surface area contributed by atoms with Crippen LogP contribution >= 0.6 is 24.0 Å². The Labute approximate surface area is 201 Å².